The molecule has 0 aromatic carbocycles. The number of nitrogens with one attached hydrogen (secondary N) is 1. The van der Waals surface area contributed by atoms with Crippen molar-refractivity contribution in [2.24, 2.45) is 17.6 Å². The van der Waals surface area contributed by atoms with Gasteiger partial charge < -0.3 is 41.0 Å². The highest BCUT2D eigenvalue weighted by atomic mass is 16.6. The minimum absolute atomic E-state index is 0.00916. The Morgan fingerprint density at radius 1 is 0.788 bits per heavy atom. The van der Waals surface area contributed by atoms with Gasteiger partial charge in [0.05, 0.1) is 30.5 Å². The molecular weight excluding hydrogens is 424 g/mol. The summed E-state index contributed by atoms with van der Waals surface area (Å²) in [6.07, 6.45) is 3.60. The van der Waals surface area contributed by atoms with Crippen molar-refractivity contribution < 1.29 is 29.9 Å². The molecule has 200 valence electrons. The molecule has 0 heterocycles. The molecule has 8 unspecified atom stereocenters. The molecule has 8 heteroatoms. The van der Waals surface area contributed by atoms with Gasteiger partial charge in [0.25, 0.3) is 0 Å². The van der Waals surface area contributed by atoms with Crippen LogP contribution in [0.15, 0.2) is 0 Å². The predicted molar refractivity (Wildman–Crippen MR) is 133 cm³/mol. The molecule has 7 N–H and O–H groups in total. The summed E-state index contributed by atoms with van der Waals surface area (Å²) in [7, 11) is 0. The number of ether oxygens (including phenoxy) is 2. The molecular formula is C25H54N2O6. The molecule has 8 nitrogen and oxygen atoms in total. The number of hydrogen-bond acceptors (Lipinski definition) is 8. The van der Waals surface area contributed by atoms with E-state index in [2.05, 4.69) is 26.1 Å². The zero-order chi connectivity index (χ0) is 25.4. The second kappa shape index (κ2) is 18.9. The van der Waals surface area contributed by atoms with Gasteiger partial charge in [-0.05, 0) is 32.6 Å². The monoisotopic (exact) mass is 478 g/mol. The van der Waals surface area contributed by atoms with Gasteiger partial charge in [0.2, 0.25) is 0 Å². The van der Waals surface area contributed by atoms with Crippen LogP contribution in [0.25, 0.3) is 0 Å². The van der Waals surface area contributed by atoms with E-state index in [-0.39, 0.29) is 18.6 Å². The summed E-state index contributed by atoms with van der Waals surface area (Å²) in [6, 6.07) is -0.793. The van der Waals surface area contributed by atoms with Gasteiger partial charge in [0, 0.05) is 19.0 Å². The Hall–Kier alpha value is -0.320. The summed E-state index contributed by atoms with van der Waals surface area (Å²) >= 11 is 0. The molecule has 0 radical (unpaired) electrons. The fourth-order valence-corrected chi connectivity index (χ4v) is 3.97. The number of aliphatic hydroxyl groups is 4. The summed E-state index contributed by atoms with van der Waals surface area (Å²) in [6.45, 7) is 11.9. The van der Waals surface area contributed by atoms with Crippen LogP contribution in [0, 0.1) is 11.8 Å². The Kier molecular flexibility index (Phi) is 18.8. The van der Waals surface area contributed by atoms with Crippen LogP contribution in [0.2, 0.25) is 0 Å². The van der Waals surface area contributed by atoms with Crippen molar-refractivity contribution in [1.29, 1.82) is 0 Å². The zero-order valence-electron chi connectivity index (χ0n) is 21.9. The SMILES string of the molecule is CCCCCCCCC(CNC(C(C)O)C(O)OC(CN)C(C)O)OC(O)C(C)CC(C)C. The van der Waals surface area contributed by atoms with Crippen LogP contribution in [-0.2, 0) is 9.47 Å². The fourth-order valence-electron chi connectivity index (χ4n) is 3.97. The van der Waals surface area contributed by atoms with E-state index in [4.69, 9.17) is 15.2 Å². The van der Waals surface area contributed by atoms with Gasteiger partial charge in [0.15, 0.2) is 12.6 Å². The maximum atomic E-state index is 10.6. The predicted octanol–water partition coefficient (Wildman–Crippen LogP) is 2.50. The van der Waals surface area contributed by atoms with Crippen LogP contribution >= 0.6 is 0 Å². The highest BCUT2D eigenvalue weighted by molar-refractivity contribution is 4.80. The largest absolute Gasteiger partial charge is 0.392 e. The molecule has 0 fully saturated rings. The third-order valence-corrected chi connectivity index (χ3v) is 6.03. The minimum atomic E-state index is -1.35. The Balaban J connectivity index is 5.00. The van der Waals surface area contributed by atoms with Gasteiger partial charge in [-0.1, -0.05) is 66.2 Å². The lowest BCUT2D eigenvalue weighted by Crippen LogP contribution is -2.53. The van der Waals surface area contributed by atoms with Gasteiger partial charge in [-0.25, -0.2) is 0 Å². The first-order chi connectivity index (χ1) is 15.5. The molecule has 0 amide bonds. The summed E-state index contributed by atoms with van der Waals surface area (Å²) in [4.78, 5) is 0. The van der Waals surface area contributed by atoms with Crippen LogP contribution < -0.4 is 11.1 Å². The molecule has 33 heavy (non-hydrogen) atoms. The van der Waals surface area contributed by atoms with Crippen LogP contribution in [0.3, 0.4) is 0 Å². The highest BCUT2D eigenvalue weighted by Crippen LogP contribution is 2.19. The number of aliphatic hydroxyl groups excluding tert-OH is 4. The van der Waals surface area contributed by atoms with Crippen molar-refractivity contribution in [3.63, 3.8) is 0 Å². The van der Waals surface area contributed by atoms with Gasteiger partial charge in [0.1, 0.15) is 0 Å². The number of hydrogen-bond donors (Lipinski definition) is 6. The van der Waals surface area contributed by atoms with Crippen molar-refractivity contribution >= 4 is 0 Å². The normalized spacial score (nSPS) is 19.6. The van der Waals surface area contributed by atoms with Gasteiger partial charge in [-0.2, -0.15) is 0 Å². The standard InChI is InChI=1S/C25H54N2O6/c1-7-8-9-10-11-12-13-21(32-24(30)18(4)14-17(2)3)16-27-23(20(6)29)25(31)33-22(15-26)19(5)28/h17-25,27-31H,7-16,26H2,1-6H3. The van der Waals surface area contributed by atoms with Crippen molar-refractivity contribution in [3.05, 3.63) is 0 Å². The second-order valence-electron chi connectivity index (χ2n) is 10.0. The lowest BCUT2D eigenvalue weighted by Gasteiger charge is -2.32. The molecule has 8 atom stereocenters. The van der Waals surface area contributed by atoms with E-state index in [0.717, 1.165) is 25.7 Å². The smallest absolute Gasteiger partial charge is 0.173 e. The van der Waals surface area contributed by atoms with Crippen molar-refractivity contribution in [1.82, 2.24) is 5.32 Å². The average molecular weight is 479 g/mol. The molecule has 0 bridgehead atoms. The van der Waals surface area contributed by atoms with E-state index in [0.29, 0.717) is 12.5 Å². The molecule has 0 saturated heterocycles. The van der Waals surface area contributed by atoms with Gasteiger partial charge >= 0.3 is 0 Å². The van der Waals surface area contributed by atoms with Crippen LogP contribution in [0.5, 0.6) is 0 Å². The van der Waals surface area contributed by atoms with E-state index >= 15 is 0 Å². The summed E-state index contributed by atoms with van der Waals surface area (Å²) in [5, 5.41) is 44.2. The molecule has 0 aliphatic heterocycles. The van der Waals surface area contributed by atoms with E-state index in [1.165, 1.54) is 25.7 Å². The zero-order valence-corrected chi connectivity index (χ0v) is 21.9. The Morgan fingerprint density at radius 3 is 1.91 bits per heavy atom. The second-order valence-corrected chi connectivity index (χ2v) is 10.0. The molecule has 0 aliphatic carbocycles. The van der Waals surface area contributed by atoms with Gasteiger partial charge in [-0.15, -0.1) is 0 Å². The average Bonchev–Trinajstić information content (AvgIpc) is 2.73. The Labute approximate surface area is 202 Å². The van der Waals surface area contributed by atoms with E-state index in [1.54, 1.807) is 13.8 Å². The number of rotatable bonds is 21. The third-order valence-electron chi connectivity index (χ3n) is 6.03. The maximum absolute atomic E-state index is 10.6. The first-order valence-electron chi connectivity index (χ1n) is 13.0. The van der Waals surface area contributed by atoms with E-state index in [1.807, 2.05) is 6.92 Å². The molecule has 0 aliphatic rings. The first kappa shape index (κ1) is 32.7. The van der Waals surface area contributed by atoms with Gasteiger partial charge in [-0.3, -0.25) is 0 Å². The third kappa shape index (κ3) is 15.3. The number of unbranched alkanes of at least 4 members (excludes halogenated alkanes) is 5. The van der Waals surface area contributed by atoms with Crippen LogP contribution in [-0.4, -0.2) is 76.6 Å². The Morgan fingerprint density at radius 2 is 1.39 bits per heavy atom. The number of nitrogens with two attached hydrogens (primary N) is 1. The molecule has 0 aromatic heterocycles. The minimum Gasteiger partial charge on any atom is -0.392 e. The van der Waals surface area contributed by atoms with E-state index < -0.39 is 36.9 Å². The van der Waals surface area contributed by atoms with Crippen molar-refractivity contribution in [2.75, 3.05) is 13.1 Å². The topological polar surface area (TPSA) is 137 Å². The Bertz CT molecular complexity index is 453. The maximum Gasteiger partial charge on any atom is 0.173 e. The molecule has 0 saturated carbocycles. The highest BCUT2D eigenvalue weighted by Gasteiger charge is 2.30. The summed E-state index contributed by atoms with van der Waals surface area (Å²) in [5.74, 6) is 0.472. The molecule has 0 rings (SSSR count). The lowest BCUT2D eigenvalue weighted by molar-refractivity contribution is -0.189. The van der Waals surface area contributed by atoms with E-state index in [9.17, 15) is 20.4 Å². The lowest BCUT2D eigenvalue weighted by atomic mass is 9.98. The first-order valence-corrected chi connectivity index (χ1v) is 13.0. The molecule has 0 spiro atoms. The summed E-state index contributed by atoms with van der Waals surface area (Å²) < 4.78 is 11.5. The van der Waals surface area contributed by atoms with Crippen molar-refractivity contribution in [2.45, 2.75) is 136 Å². The molecule has 0 aromatic rings. The fraction of sp³-hybridized carbons (Fsp3) is 1.00. The quantitative estimate of drug-likeness (QED) is 0.109. The summed E-state index contributed by atoms with van der Waals surface area (Å²) in [5.41, 5.74) is 5.61. The van der Waals surface area contributed by atoms with Crippen molar-refractivity contribution in [3.8, 4) is 0 Å². The van der Waals surface area contributed by atoms with Crippen LogP contribution in [0.1, 0.15) is 92.9 Å². The van der Waals surface area contributed by atoms with Crippen LogP contribution in [0.4, 0.5) is 0 Å².